The van der Waals surface area contributed by atoms with Gasteiger partial charge in [0.2, 0.25) is 5.69 Å². The van der Waals surface area contributed by atoms with E-state index < -0.39 is 35.4 Å². The zero-order valence-electron chi connectivity index (χ0n) is 16.7. The normalized spacial score (nSPS) is 26.3. The van der Waals surface area contributed by atoms with Crippen LogP contribution in [0.15, 0.2) is 41.8 Å². The van der Waals surface area contributed by atoms with Crippen LogP contribution in [0, 0.1) is 18.3 Å². The molecule has 5 rings (SSSR count). The summed E-state index contributed by atoms with van der Waals surface area (Å²) in [6.45, 7) is 5.47. The van der Waals surface area contributed by atoms with Crippen molar-refractivity contribution in [1.29, 1.82) is 0 Å². The molecular weight excluding hydrogens is 437 g/mol. The molecule has 1 saturated carbocycles. The van der Waals surface area contributed by atoms with Crippen LogP contribution in [0.1, 0.15) is 23.2 Å². The Morgan fingerprint density at radius 1 is 1.19 bits per heavy atom. The van der Waals surface area contributed by atoms with E-state index >= 15 is 0 Å². The number of thioether (sulfide) groups is 1. The monoisotopic (exact) mass is 454 g/mol. The largest absolute Gasteiger partial charge is 0.378 e. The molecule has 0 amide bonds. The lowest BCUT2D eigenvalue weighted by atomic mass is 9.83. The van der Waals surface area contributed by atoms with Gasteiger partial charge in [0.05, 0.1) is 22.5 Å². The Kier molecular flexibility index (Phi) is 4.82. The van der Waals surface area contributed by atoms with Gasteiger partial charge in [0, 0.05) is 24.1 Å². The van der Waals surface area contributed by atoms with E-state index in [-0.39, 0.29) is 17.2 Å². The number of amidine groups is 1. The number of aliphatic imine (C=N–C) groups is 1. The molecule has 6 nitrogen and oxygen atoms in total. The second kappa shape index (κ2) is 7.45. The first-order valence-electron chi connectivity index (χ1n) is 9.87. The average molecular weight is 454 g/mol. The highest BCUT2D eigenvalue weighted by atomic mass is 32.2. The van der Waals surface area contributed by atoms with Crippen molar-refractivity contribution in [1.82, 2.24) is 15.0 Å². The summed E-state index contributed by atoms with van der Waals surface area (Å²) >= 11 is 1.11. The minimum absolute atomic E-state index is 0.0699. The molecule has 1 aromatic carbocycles. The van der Waals surface area contributed by atoms with Gasteiger partial charge in [-0.1, -0.05) is 17.8 Å². The fraction of sp³-hybridized carbons (Fsp3) is 0.318. The number of alkyl halides is 2. The molecular formula is C22H17F3N6S. The van der Waals surface area contributed by atoms with Crippen molar-refractivity contribution in [3.8, 4) is 0 Å². The van der Waals surface area contributed by atoms with Gasteiger partial charge in [0.25, 0.3) is 0 Å². The maximum atomic E-state index is 15.0. The van der Waals surface area contributed by atoms with Crippen LogP contribution in [-0.2, 0) is 12.0 Å². The molecule has 2 N–H and O–H groups in total. The number of hydrogen-bond acceptors (Lipinski definition) is 6. The Bertz CT molecular complexity index is 1310. The molecule has 32 heavy (non-hydrogen) atoms. The third kappa shape index (κ3) is 3.11. The standard InChI is InChI=1S/C22H17F3N6S/c1-27-13-6-17-19(28-8-13)16(29-11-30-17)5-12-2-3-15(25)14(4-12)22(10-24)18-7-21(18,9-23)32-20(26)31-22/h2-4,6,8,11,18H,5,7,9-10H2,(H2,26,31)/t18-,21-,22-/m1/s1. The Hall–Kier alpha value is -3.19. The lowest BCUT2D eigenvalue weighted by Crippen LogP contribution is -2.40. The summed E-state index contributed by atoms with van der Waals surface area (Å²) in [6, 6.07) is 6.04. The van der Waals surface area contributed by atoms with Crippen molar-refractivity contribution in [2.24, 2.45) is 16.6 Å². The molecule has 1 aliphatic heterocycles. The lowest BCUT2D eigenvalue weighted by Gasteiger charge is -2.34. The number of nitrogens with two attached hydrogens (primary N) is 1. The summed E-state index contributed by atoms with van der Waals surface area (Å²) in [5.41, 5.74) is 7.11. The van der Waals surface area contributed by atoms with Gasteiger partial charge in [0.15, 0.2) is 5.17 Å². The van der Waals surface area contributed by atoms with Gasteiger partial charge in [0.1, 0.15) is 36.5 Å². The van der Waals surface area contributed by atoms with Crippen molar-refractivity contribution < 1.29 is 13.2 Å². The highest BCUT2D eigenvalue weighted by Crippen LogP contribution is 2.66. The Labute approximate surface area is 186 Å². The van der Waals surface area contributed by atoms with Crippen LogP contribution in [0.5, 0.6) is 0 Å². The highest BCUT2D eigenvalue weighted by Gasteiger charge is 2.68. The van der Waals surface area contributed by atoms with Gasteiger partial charge in [-0.2, -0.15) is 0 Å². The molecule has 0 saturated heterocycles. The molecule has 0 unspecified atom stereocenters. The molecule has 3 aromatic rings. The third-order valence-corrected chi connectivity index (χ3v) is 7.45. The first-order chi connectivity index (χ1) is 15.4. The molecule has 10 heteroatoms. The first-order valence-corrected chi connectivity index (χ1v) is 10.7. The Balaban J connectivity index is 1.57. The first kappa shape index (κ1) is 20.7. The number of halogens is 3. The fourth-order valence-corrected chi connectivity index (χ4v) is 5.78. The van der Waals surface area contributed by atoms with Gasteiger partial charge in [-0.25, -0.2) is 33.0 Å². The van der Waals surface area contributed by atoms with Crippen LogP contribution in [0.2, 0.25) is 0 Å². The van der Waals surface area contributed by atoms with E-state index in [4.69, 9.17) is 12.3 Å². The number of pyridine rings is 1. The van der Waals surface area contributed by atoms with Gasteiger partial charge < -0.3 is 5.73 Å². The number of aromatic nitrogens is 3. The van der Waals surface area contributed by atoms with E-state index in [2.05, 4.69) is 24.8 Å². The lowest BCUT2D eigenvalue weighted by molar-refractivity contribution is 0.257. The second-order valence-corrected chi connectivity index (χ2v) is 9.48. The van der Waals surface area contributed by atoms with Crippen molar-refractivity contribution in [2.75, 3.05) is 13.3 Å². The van der Waals surface area contributed by atoms with Crippen LogP contribution in [0.3, 0.4) is 0 Å². The number of benzene rings is 1. The fourth-order valence-electron chi connectivity index (χ4n) is 4.51. The molecule has 162 valence electrons. The maximum Gasteiger partial charge on any atom is 0.207 e. The van der Waals surface area contributed by atoms with E-state index in [0.29, 0.717) is 34.4 Å². The SMILES string of the molecule is [C-]#[N+]c1cnc2c(Cc3ccc(F)c([C@@]4(CF)N=C(N)S[C@@]5(CF)C[C@H]54)c3)ncnc2c1. The number of hydrogen-bond donors (Lipinski definition) is 1. The predicted molar refractivity (Wildman–Crippen MR) is 116 cm³/mol. The summed E-state index contributed by atoms with van der Waals surface area (Å²) in [5.74, 6) is -1.08. The number of nitrogens with zero attached hydrogens (tertiary/aromatic N) is 5. The summed E-state index contributed by atoms with van der Waals surface area (Å²) in [6.07, 6.45) is 3.49. The molecule has 0 radical (unpaired) electrons. The van der Waals surface area contributed by atoms with E-state index in [9.17, 15) is 13.2 Å². The molecule has 0 bridgehead atoms. The minimum Gasteiger partial charge on any atom is -0.378 e. The Morgan fingerprint density at radius 3 is 2.78 bits per heavy atom. The molecule has 1 fully saturated rings. The molecule has 3 heterocycles. The van der Waals surface area contributed by atoms with Crippen LogP contribution in [-0.4, -0.2) is 38.2 Å². The van der Waals surface area contributed by atoms with E-state index in [1.807, 2.05) is 0 Å². The van der Waals surface area contributed by atoms with Crippen LogP contribution in [0.25, 0.3) is 15.9 Å². The topological polar surface area (TPSA) is 81.4 Å². The predicted octanol–water partition coefficient (Wildman–Crippen LogP) is 4.26. The molecule has 1 aliphatic carbocycles. The second-order valence-electron chi connectivity index (χ2n) is 8.05. The number of rotatable bonds is 5. The van der Waals surface area contributed by atoms with Gasteiger partial charge in [-0.3, -0.25) is 4.98 Å². The quantitative estimate of drug-likeness (QED) is 0.583. The smallest absolute Gasteiger partial charge is 0.207 e. The van der Waals surface area contributed by atoms with Crippen LogP contribution >= 0.6 is 11.8 Å². The molecule has 2 aromatic heterocycles. The van der Waals surface area contributed by atoms with Gasteiger partial charge >= 0.3 is 0 Å². The summed E-state index contributed by atoms with van der Waals surface area (Å²) < 4.78 is 42.4. The number of fused-ring (bicyclic) bond motifs is 2. The maximum absolute atomic E-state index is 15.0. The molecule has 0 spiro atoms. The molecule has 3 atom stereocenters. The summed E-state index contributed by atoms with van der Waals surface area (Å²) in [5, 5.41) is 0.0699. The van der Waals surface area contributed by atoms with E-state index in [1.165, 1.54) is 18.6 Å². The van der Waals surface area contributed by atoms with E-state index in [1.54, 1.807) is 18.2 Å². The van der Waals surface area contributed by atoms with Crippen molar-refractivity contribution in [3.63, 3.8) is 0 Å². The average Bonchev–Trinajstić information content (AvgIpc) is 3.55. The van der Waals surface area contributed by atoms with Crippen molar-refractivity contribution in [2.45, 2.75) is 23.1 Å². The molecule has 2 aliphatic rings. The van der Waals surface area contributed by atoms with Gasteiger partial charge in [-0.05, 0) is 30.2 Å². The zero-order chi connectivity index (χ0) is 22.5. The third-order valence-electron chi connectivity index (χ3n) is 6.18. The van der Waals surface area contributed by atoms with Crippen molar-refractivity contribution in [3.05, 3.63) is 70.8 Å². The summed E-state index contributed by atoms with van der Waals surface area (Å²) in [4.78, 5) is 20.4. The van der Waals surface area contributed by atoms with Crippen LogP contribution < -0.4 is 5.73 Å². The Morgan fingerprint density at radius 2 is 2.03 bits per heavy atom. The minimum atomic E-state index is -1.54. The zero-order valence-corrected chi connectivity index (χ0v) is 17.5. The highest BCUT2D eigenvalue weighted by molar-refractivity contribution is 8.15. The van der Waals surface area contributed by atoms with Crippen molar-refractivity contribution >= 4 is 33.7 Å². The van der Waals surface area contributed by atoms with Gasteiger partial charge in [-0.15, -0.1) is 0 Å². The van der Waals surface area contributed by atoms with Crippen LogP contribution in [0.4, 0.5) is 18.9 Å². The summed E-state index contributed by atoms with van der Waals surface area (Å²) in [7, 11) is 0. The van der Waals surface area contributed by atoms with E-state index in [0.717, 1.165) is 11.8 Å².